The zero-order valence-electron chi connectivity index (χ0n) is 18.6. The van der Waals surface area contributed by atoms with Gasteiger partial charge in [0.15, 0.2) is 5.11 Å². The Labute approximate surface area is 193 Å². The number of rotatable bonds is 6. The fourth-order valence-electron chi connectivity index (χ4n) is 4.01. The van der Waals surface area contributed by atoms with E-state index in [-0.39, 0.29) is 5.82 Å². The van der Waals surface area contributed by atoms with E-state index in [0.717, 1.165) is 45.5 Å². The number of aryl methyl sites for hydroxylation is 3. The molecular formula is C26H27FN4S. The zero-order valence-corrected chi connectivity index (χ0v) is 19.4. The predicted molar refractivity (Wildman–Crippen MR) is 133 cm³/mol. The van der Waals surface area contributed by atoms with Gasteiger partial charge < -0.3 is 15.2 Å². The summed E-state index contributed by atoms with van der Waals surface area (Å²) in [5.74, 6) is -0.227. The summed E-state index contributed by atoms with van der Waals surface area (Å²) < 4.78 is 13.9. The van der Waals surface area contributed by atoms with Crippen molar-refractivity contribution in [3.05, 3.63) is 94.7 Å². The molecule has 0 aliphatic heterocycles. The number of aromatic nitrogens is 2. The lowest BCUT2D eigenvalue weighted by Gasteiger charge is -2.26. The number of hydrogen-bond donors (Lipinski definition) is 2. The molecule has 32 heavy (non-hydrogen) atoms. The molecule has 0 unspecified atom stereocenters. The zero-order chi connectivity index (χ0) is 22.7. The molecule has 2 aromatic heterocycles. The maximum Gasteiger partial charge on any atom is 0.173 e. The van der Waals surface area contributed by atoms with Crippen LogP contribution in [0.1, 0.15) is 28.1 Å². The quantitative estimate of drug-likeness (QED) is 0.353. The van der Waals surface area contributed by atoms with Crippen LogP contribution < -0.4 is 5.32 Å². The number of H-pyrrole nitrogens is 1. The highest BCUT2D eigenvalue weighted by atomic mass is 32.1. The van der Waals surface area contributed by atoms with E-state index >= 15 is 0 Å². The fraction of sp³-hybridized carbons (Fsp3) is 0.231. The highest BCUT2D eigenvalue weighted by Gasteiger charge is 2.16. The van der Waals surface area contributed by atoms with E-state index in [0.29, 0.717) is 18.2 Å². The molecule has 0 radical (unpaired) electrons. The molecular weight excluding hydrogens is 419 g/mol. The Bertz CT molecular complexity index is 1250. The summed E-state index contributed by atoms with van der Waals surface area (Å²) in [5.41, 5.74) is 7.41. The first-order valence-corrected chi connectivity index (χ1v) is 11.1. The van der Waals surface area contributed by atoms with Crippen LogP contribution in [0.5, 0.6) is 0 Å². The summed E-state index contributed by atoms with van der Waals surface area (Å²) in [5, 5.41) is 4.98. The van der Waals surface area contributed by atoms with Gasteiger partial charge in [0.25, 0.3) is 0 Å². The number of nitrogens with zero attached hydrogens (tertiary/aromatic N) is 2. The van der Waals surface area contributed by atoms with Crippen molar-refractivity contribution in [2.45, 2.75) is 33.7 Å². The van der Waals surface area contributed by atoms with Gasteiger partial charge in [0, 0.05) is 35.0 Å². The normalized spacial score (nSPS) is 11.0. The van der Waals surface area contributed by atoms with Crippen LogP contribution in [0.4, 0.5) is 10.1 Å². The molecule has 0 spiro atoms. The Hall–Kier alpha value is -3.25. The van der Waals surface area contributed by atoms with E-state index in [9.17, 15) is 4.39 Å². The van der Waals surface area contributed by atoms with Crippen molar-refractivity contribution < 1.29 is 4.39 Å². The van der Waals surface area contributed by atoms with E-state index < -0.39 is 0 Å². The van der Waals surface area contributed by atoms with Crippen molar-refractivity contribution in [2.24, 2.45) is 0 Å². The van der Waals surface area contributed by atoms with Crippen LogP contribution in [0.25, 0.3) is 10.9 Å². The summed E-state index contributed by atoms with van der Waals surface area (Å²) in [7, 11) is 0. The topological polar surface area (TPSA) is 44.0 Å². The minimum absolute atomic E-state index is 0.227. The lowest BCUT2D eigenvalue weighted by molar-refractivity contribution is 0.417. The van der Waals surface area contributed by atoms with Gasteiger partial charge in [0.1, 0.15) is 5.82 Å². The number of halogens is 1. The Morgan fingerprint density at radius 3 is 2.69 bits per heavy atom. The first-order chi connectivity index (χ1) is 15.4. The molecule has 0 saturated carbocycles. The smallest absolute Gasteiger partial charge is 0.173 e. The average Bonchev–Trinajstić information content (AvgIpc) is 3.08. The summed E-state index contributed by atoms with van der Waals surface area (Å²) >= 11 is 5.81. The van der Waals surface area contributed by atoms with Crippen molar-refractivity contribution in [2.75, 3.05) is 11.9 Å². The maximum atomic E-state index is 13.9. The summed E-state index contributed by atoms with van der Waals surface area (Å²) in [6, 6.07) is 17.0. The maximum absolute atomic E-state index is 13.9. The predicted octanol–water partition coefficient (Wildman–Crippen LogP) is 6.07. The van der Waals surface area contributed by atoms with Crippen molar-refractivity contribution in [3.63, 3.8) is 0 Å². The number of aromatic amines is 1. The molecule has 0 atom stereocenters. The number of fused-ring (bicyclic) bond motifs is 1. The summed E-state index contributed by atoms with van der Waals surface area (Å²) in [4.78, 5) is 9.96. The molecule has 0 bridgehead atoms. The molecule has 2 N–H and O–H groups in total. The van der Waals surface area contributed by atoms with Crippen molar-refractivity contribution in [1.29, 1.82) is 0 Å². The third-order valence-electron chi connectivity index (χ3n) is 5.70. The molecule has 0 aliphatic rings. The number of hydrogen-bond acceptors (Lipinski definition) is 2. The van der Waals surface area contributed by atoms with Gasteiger partial charge in [-0.15, -0.1) is 0 Å². The average molecular weight is 447 g/mol. The van der Waals surface area contributed by atoms with E-state index in [1.54, 1.807) is 18.3 Å². The Balaban J connectivity index is 1.57. The number of nitrogens with one attached hydrogen (secondary N) is 2. The van der Waals surface area contributed by atoms with E-state index in [4.69, 9.17) is 12.2 Å². The molecule has 2 heterocycles. The van der Waals surface area contributed by atoms with Crippen LogP contribution >= 0.6 is 12.2 Å². The van der Waals surface area contributed by atoms with Crippen LogP contribution in [0.15, 0.2) is 60.8 Å². The van der Waals surface area contributed by atoms with Gasteiger partial charge in [-0.3, -0.25) is 4.98 Å². The standard InChI is InChI=1S/C26H27FN4S/c1-17-7-9-24(18(2)14-17)30-26(32)31(16-21-6-4-5-12-28-21)13-11-22-19(3)29-25-10-8-20(27)15-23(22)25/h4-10,12,14-15,29H,11,13,16H2,1-3H3,(H,30,32). The molecule has 0 amide bonds. The lowest BCUT2D eigenvalue weighted by atomic mass is 10.1. The fourth-order valence-corrected chi connectivity index (χ4v) is 4.28. The summed E-state index contributed by atoms with van der Waals surface area (Å²) in [6.45, 7) is 7.45. The SMILES string of the molecule is Cc1ccc(NC(=S)N(CCc2c(C)[nH]c3ccc(F)cc23)Cc2ccccn2)c(C)c1. The highest BCUT2D eigenvalue weighted by molar-refractivity contribution is 7.80. The monoisotopic (exact) mass is 446 g/mol. The molecule has 4 aromatic rings. The van der Waals surface area contributed by atoms with Crippen molar-refractivity contribution >= 4 is 33.9 Å². The van der Waals surface area contributed by atoms with Gasteiger partial charge in [-0.2, -0.15) is 0 Å². The summed E-state index contributed by atoms with van der Waals surface area (Å²) in [6.07, 6.45) is 2.53. The minimum atomic E-state index is -0.227. The molecule has 4 rings (SSSR count). The Kier molecular flexibility index (Phi) is 6.51. The van der Waals surface area contributed by atoms with E-state index in [2.05, 4.69) is 52.2 Å². The minimum Gasteiger partial charge on any atom is -0.358 e. The van der Waals surface area contributed by atoms with Crippen molar-refractivity contribution in [3.8, 4) is 0 Å². The highest BCUT2D eigenvalue weighted by Crippen LogP contribution is 2.24. The molecule has 6 heteroatoms. The van der Waals surface area contributed by atoms with Crippen LogP contribution in [-0.2, 0) is 13.0 Å². The number of anilines is 1. The second-order valence-corrected chi connectivity index (χ2v) is 8.55. The largest absolute Gasteiger partial charge is 0.358 e. The Morgan fingerprint density at radius 2 is 1.94 bits per heavy atom. The van der Waals surface area contributed by atoms with Gasteiger partial charge in [-0.1, -0.05) is 23.8 Å². The van der Waals surface area contributed by atoms with Crippen LogP contribution in [0.3, 0.4) is 0 Å². The van der Waals surface area contributed by atoms with E-state index in [1.807, 2.05) is 25.1 Å². The second-order valence-electron chi connectivity index (χ2n) is 8.16. The van der Waals surface area contributed by atoms with Gasteiger partial charge >= 0.3 is 0 Å². The Morgan fingerprint density at radius 1 is 1.09 bits per heavy atom. The van der Waals surface area contributed by atoms with Gasteiger partial charge in [-0.05, 0) is 86.9 Å². The van der Waals surface area contributed by atoms with Gasteiger partial charge in [0.05, 0.1) is 12.2 Å². The molecule has 164 valence electrons. The first kappa shape index (κ1) is 22.0. The third-order valence-corrected chi connectivity index (χ3v) is 6.06. The van der Waals surface area contributed by atoms with Crippen molar-refractivity contribution in [1.82, 2.24) is 14.9 Å². The number of pyridine rings is 1. The second kappa shape index (κ2) is 9.49. The van der Waals surface area contributed by atoms with Gasteiger partial charge in [0.2, 0.25) is 0 Å². The number of thiocarbonyl (C=S) groups is 1. The van der Waals surface area contributed by atoms with Crippen LogP contribution in [0.2, 0.25) is 0 Å². The molecule has 2 aromatic carbocycles. The number of benzene rings is 2. The molecule has 0 fully saturated rings. The first-order valence-electron chi connectivity index (χ1n) is 10.7. The molecule has 4 nitrogen and oxygen atoms in total. The molecule has 0 aliphatic carbocycles. The van der Waals surface area contributed by atoms with Crippen LogP contribution in [-0.4, -0.2) is 26.5 Å². The van der Waals surface area contributed by atoms with E-state index in [1.165, 1.54) is 11.6 Å². The third kappa shape index (κ3) is 4.97. The lowest BCUT2D eigenvalue weighted by Crippen LogP contribution is -2.36. The molecule has 0 saturated heterocycles. The van der Waals surface area contributed by atoms with Crippen LogP contribution in [0, 0.1) is 26.6 Å². The van der Waals surface area contributed by atoms with Gasteiger partial charge in [-0.25, -0.2) is 4.39 Å².